The molecule has 1 N–H and O–H groups in total. The van der Waals surface area contributed by atoms with Crippen molar-refractivity contribution in [2.45, 2.75) is 19.3 Å². The van der Waals surface area contributed by atoms with Crippen molar-refractivity contribution in [2.75, 3.05) is 16.8 Å². The molecule has 8 heteroatoms. The largest absolute Gasteiger partial charge is 0.339 e. The van der Waals surface area contributed by atoms with Gasteiger partial charge in [0.1, 0.15) is 5.82 Å². The average molecular weight is 456 g/mol. The number of hydrogen-bond acceptors (Lipinski definition) is 5. The molecule has 2 heterocycles. The Labute approximate surface area is 195 Å². The second-order valence-electron chi connectivity index (χ2n) is 7.98. The summed E-state index contributed by atoms with van der Waals surface area (Å²) in [6, 6.07) is 20.5. The van der Waals surface area contributed by atoms with Crippen LogP contribution in [-0.2, 0) is 17.6 Å². The third kappa shape index (κ3) is 4.56. The van der Waals surface area contributed by atoms with Crippen LogP contribution >= 0.6 is 0 Å². The summed E-state index contributed by atoms with van der Waals surface area (Å²) in [6.45, 7) is 0.662. The molecule has 1 aliphatic heterocycles. The highest BCUT2D eigenvalue weighted by Crippen LogP contribution is 2.29. The number of fused-ring (bicyclic) bond motifs is 1. The molecule has 0 atom stereocenters. The molecule has 0 unspecified atom stereocenters. The molecule has 0 saturated carbocycles. The molecule has 3 aromatic carbocycles. The number of carbonyl (C=O) groups excluding carboxylic acids is 2. The molecule has 0 fully saturated rings. The molecule has 34 heavy (non-hydrogen) atoms. The van der Waals surface area contributed by atoms with E-state index in [1.54, 1.807) is 41.3 Å². The summed E-state index contributed by atoms with van der Waals surface area (Å²) in [5.74, 6) is 0.0470. The second kappa shape index (κ2) is 9.27. The number of anilines is 2. The maximum Gasteiger partial charge on any atom is 0.258 e. The van der Waals surface area contributed by atoms with E-state index in [1.165, 1.54) is 17.7 Å². The minimum absolute atomic E-state index is 0.0591. The summed E-state index contributed by atoms with van der Waals surface area (Å²) in [5.41, 5.74) is 3.92. The van der Waals surface area contributed by atoms with Crippen LogP contribution < -0.4 is 10.2 Å². The fourth-order valence-electron chi connectivity index (χ4n) is 3.92. The number of benzene rings is 3. The lowest BCUT2D eigenvalue weighted by Gasteiger charge is -2.17. The summed E-state index contributed by atoms with van der Waals surface area (Å²) in [6.07, 6.45) is 1.27. The molecule has 1 aliphatic rings. The van der Waals surface area contributed by atoms with Crippen LogP contribution in [-0.4, -0.2) is 28.5 Å². The predicted molar refractivity (Wildman–Crippen MR) is 125 cm³/mol. The Morgan fingerprint density at radius 1 is 1.00 bits per heavy atom. The molecular weight excluding hydrogens is 435 g/mol. The third-order valence-corrected chi connectivity index (χ3v) is 5.68. The molecule has 0 bridgehead atoms. The zero-order valence-corrected chi connectivity index (χ0v) is 18.2. The lowest BCUT2D eigenvalue weighted by molar-refractivity contribution is -0.116. The van der Waals surface area contributed by atoms with Crippen LogP contribution in [0.2, 0.25) is 0 Å². The predicted octanol–water partition coefficient (Wildman–Crippen LogP) is 4.65. The van der Waals surface area contributed by atoms with Gasteiger partial charge in [-0.15, -0.1) is 0 Å². The minimum Gasteiger partial charge on any atom is -0.339 e. The number of amides is 2. The van der Waals surface area contributed by atoms with Gasteiger partial charge in [0.2, 0.25) is 17.6 Å². The molecule has 7 nitrogen and oxygen atoms in total. The number of carbonyl (C=O) groups is 2. The van der Waals surface area contributed by atoms with Gasteiger partial charge in [0.25, 0.3) is 5.91 Å². The Balaban J connectivity index is 1.15. The van der Waals surface area contributed by atoms with E-state index in [4.69, 9.17) is 4.52 Å². The van der Waals surface area contributed by atoms with E-state index in [0.717, 1.165) is 12.1 Å². The Morgan fingerprint density at radius 2 is 1.76 bits per heavy atom. The molecule has 0 radical (unpaired) electrons. The first-order valence-electron chi connectivity index (χ1n) is 10.9. The van der Waals surface area contributed by atoms with E-state index in [0.29, 0.717) is 35.1 Å². The minimum atomic E-state index is -0.345. The van der Waals surface area contributed by atoms with Crippen molar-refractivity contribution in [3.05, 3.63) is 95.6 Å². The molecule has 0 aliphatic carbocycles. The van der Waals surface area contributed by atoms with E-state index in [-0.39, 0.29) is 30.5 Å². The van der Waals surface area contributed by atoms with Crippen molar-refractivity contribution in [1.29, 1.82) is 0 Å². The number of aryl methyl sites for hydroxylation is 1. The topological polar surface area (TPSA) is 88.3 Å². The van der Waals surface area contributed by atoms with Gasteiger partial charge in [0, 0.05) is 41.9 Å². The zero-order chi connectivity index (χ0) is 23.5. The van der Waals surface area contributed by atoms with Crippen LogP contribution in [0.1, 0.15) is 28.2 Å². The van der Waals surface area contributed by atoms with E-state index in [9.17, 15) is 14.0 Å². The van der Waals surface area contributed by atoms with Gasteiger partial charge in [-0.05, 0) is 66.6 Å². The highest BCUT2D eigenvalue weighted by Gasteiger charge is 2.25. The van der Waals surface area contributed by atoms with E-state index >= 15 is 0 Å². The van der Waals surface area contributed by atoms with Crippen molar-refractivity contribution in [3.8, 4) is 11.4 Å². The van der Waals surface area contributed by atoms with Gasteiger partial charge in [-0.25, -0.2) is 4.39 Å². The SMILES string of the molecule is O=C(CCc1nc(-c2ccc(F)cc2)no1)Nc1ccc(C(=O)N2CCc3ccccc32)cc1. The van der Waals surface area contributed by atoms with Gasteiger partial charge < -0.3 is 14.7 Å². The smallest absolute Gasteiger partial charge is 0.258 e. The van der Waals surface area contributed by atoms with Crippen LogP contribution in [0, 0.1) is 5.82 Å². The summed E-state index contributed by atoms with van der Waals surface area (Å²) < 4.78 is 18.2. The van der Waals surface area contributed by atoms with Gasteiger partial charge in [0.05, 0.1) is 0 Å². The highest BCUT2D eigenvalue weighted by atomic mass is 19.1. The standard InChI is InChI=1S/C26H21FN4O3/c27-20-9-5-18(6-10-20)25-29-24(34-30-25)14-13-23(32)28-21-11-7-19(8-12-21)26(33)31-16-15-17-3-1-2-4-22(17)31/h1-12H,13-16H2,(H,28,32). The fraction of sp³-hybridized carbons (Fsp3) is 0.154. The number of nitrogens with one attached hydrogen (secondary N) is 1. The number of rotatable bonds is 6. The van der Waals surface area contributed by atoms with Crippen LogP contribution in [0.25, 0.3) is 11.4 Å². The lowest BCUT2D eigenvalue weighted by Crippen LogP contribution is -2.28. The summed E-state index contributed by atoms with van der Waals surface area (Å²) in [7, 11) is 0. The Kier molecular flexibility index (Phi) is 5.86. The van der Waals surface area contributed by atoms with Crippen LogP contribution in [0.3, 0.4) is 0 Å². The first kappa shape index (κ1) is 21.5. The van der Waals surface area contributed by atoms with Gasteiger partial charge in [-0.2, -0.15) is 4.98 Å². The number of nitrogens with zero attached hydrogens (tertiary/aromatic N) is 3. The quantitative estimate of drug-likeness (QED) is 0.456. The highest BCUT2D eigenvalue weighted by molar-refractivity contribution is 6.07. The van der Waals surface area contributed by atoms with Crippen molar-refractivity contribution >= 4 is 23.2 Å². The van der Waals surface area contributed by atoms with Gasteiger partial charge in [-0.3, -0.25) is 9.59 Å². The normalized spacial score (nSPS) is 12.4. The summed E-state index contributed by atoms with van der Waals surface area (Å²) in [4.78, 5) is 31.3. The summed E-state index contributed by atoms with van der Waals surface area (Å²) in [5, 5.41) is 6.69. The molecule has 5 rings (SSSR count). The van der Waals surface area contributed by atoms with Crippen molar-refractivity contribution < 1.29 is 18.5 Å². The molecular formula is C26H21FN4O3. The molecule has 0 saturated heterocycles. The van der Waals surface area contributed by atoms with Crippen LogP contribution in [0.5, 0.6) is 0 Å². The number of para-hydroxylation sites is 1. The first-order chi connectivity index (χ1) is 16.6. The van der Waals surface area contributed by atoms with Crippen LogP contribution in [0.15, 0.2) is 77.3 Å². The van der Waals surface area contributed by atoms with Crippen molar-refractivity contribution in [3.63, 3.8) is 0 Å². The zero-order valence-electron chi connectivity index (χ0n) is 18.2. The molecule has 4 aromatic rings. The monoisotopic (exact) mass is 456 g/mol. The maximum absolute atomic E-state index is 13.1. The average Bonchev–Trinajstić information content (AvgIpc) is 3.51. The lowest BCUT2D eigenvalue weighted by atomic mass is 10.1. The Morgan fingerprint density at radius 3 is 2.56 bits per heavy atom. The molecule has 2 amide bonds. The molecule has 1 aromatic heterocycles. The molecule has 0 spiro atoms. The molecule has 170 valence electrons. The van der Waals surface area contributed by atoms with E-state index < -0.39 is 0 Å². The van der Waals surface area contributed by atoms with Gasteiger partial charge >= 0.3 is 0 Å². The first-order valence-corrected chi connectivity index (χ1v) is 10.9. The number of aromatic nitrogens is 2. The Bertz CT molecular complexity index is 1330. The van der Waals surface area contributed by atoms with Crippen molar-refractivity contribution in [1.82, 2.24) is 10.1 Å². The van der Waals surface area contributed by atoms with E-state index in [2.05, 4.69) is 15.5 Å². The second-order valence-corrected chi connectivity index (χ2v) is 7.98. The summed E-state index contributed by atoms with van der Waals surface area (Å²) >= 11 is 0. The van der Waals surface area contributed by atoms with Gasteiger partial charge in [0.15, 0.2) is 0 Å². The maximum atomic E-state index is 13.1. The van der Waals surface area contributed by atoms with Crippen molar-refractivity contribution in [2.24, 2.45) is 0 Å². The number of halogens is 1. The van der Waals surface area contributed by atoms with Gasteiger partial charge in [-0.1, -0.05) is 23.4 Å². The number of hydrogen-bond donors (Lipinski definition) is 1. The van der Waals surface area contributed by atoms with E-state index in [1.807, 2.05) is 24.3 Å². The Hall–Kier alpha value is -4.33. The third-order valence-electron chi connectivity index (χ3n) is 5.68. The fourth-order valence-corrected chi connectivity index (χ4v) is 3.92. The van der Waals surface area contributed by atoms with Crippen LogP contribution in [0.4, 0.5) is 15.8 Å².